The number of aryl methyl sites for hydroxylation is 2. The third kappa shape index (κ3) is 4.39. The summed E-state index contributed by atoms with van der Waals surface area (Å²) in [6, 6.07) is 14.8. The summed E-state index contributed by atoms with van der Waals surface area (Å²) in [7, 11) is 0. The lowest BCUT2D eigenvalue weighted by Gasteiger charge is -2.13. The molecule has 0 bridgehead atoms. The van der Waals surface area contributed by atoms with E-state index in [1.807, 2.05) is 6.07 Å². The Morgan fingerprint density at radius 3 is 2.81 bits per heavy atom. The summed E-state index contributed by atoms with van der Waals surface area (Å²) in [5.41, 5.74) is 3.53. The van der Waals surface area contributed by atoms with E-state index in [2.05, 4.69) is 28.5 Å². The van der Waals surface area contributed by atoms with Crippen LogP contribution in [0.4, 0.5) is 9.52 Å². The monoisotopic (exact) mass is 398 g/mol. The van der Waals surface area contributed by atoms with Crippen LogP contribution in [0, 0.1) is 5.82 Å². The molecule has 1 heterocycles. The number of fused-ring (bicyclic) bond motifs is 3. The highest BCUT2D eigenvalue weighted by atomic mass is 32.2. The molecule has 1 amide bonds. The van der Waals surface area contributed by atoms with Crippen molar-refractivity contribution in [3.63, 3.8) is 0 Å². The van der Waals surface area contributed by atoms with Crippen LogP contribution in [0.15, 0.2) is 53.4 Å². The van der Waals surface area contributed by atoms with Crippen molar-refractivity contribution >= 4 is 34.1 Å². The van der Waals surface area contributed by atoms with Crippen LogP contribution in [-0.4, -0.2) is 16.6 Å². The third-order valence-electron chi connectivity index (χ3n) is 4.47. The zero-order chi connectivity index (χ0) is 18.6. The minimum absolute atomic E-state index is 0.00547. The largest absolute Gasteiger partial charge is 0.302 e. The van der Waals surface area contributed by atoms with Gasteiger partial charge in [0, 0.05) is 21.8 Å². The molecule has 27 heavy (non-hydrogen) atoms. The first-order valence-corrected chi connectivity index (χ1v) is 10.8. The van der Waals surface area contributed by atoms with E-state index in [4.69, 9.17) is 0 Å². The van der Waals surface area contributed by atoms with Crippen molar-refractivity contribution in [2.75, 3.05) is 11.1 Å². The van der Waals surface area contributed by atoms with Crippen LogP contribution in [0.5, 0.6) is 0 Å². The number of carbonyl (C=O) groups is 1. The van der Waals surface area contributed by atoms with Crippen molar-refractivity contribution in [1.29, 1.82) is 0 Å². The van der Waals surface area contributed by atoms with Gasteiger partial charge in [0.05, 0.1) is 5.69 Å². The normalized spacial score (nSPS) is 12.3. The summed E-state index contributed by atoms with van der Waals surface area (Å²) in [6.07, 6.45) is 3.23. The Morgan fingerprint density at radius 2 is 1.96 bits per heavy atom. The van der Waals surface area contributed by atoms with Crippen LogP contribution in [0.25, 0.3) is 11.3 Å². The molecular formula is C21H19FN2OS2. The average Bonchev–Trinajstić information content (AvgIpc) is 3.09. The predicted octanol–water partition coefficient (Wildman–Crippen LogP) is 5.56. The zero-order valence-corrected chi connectivity index (χ0v) is 16.3. The summed E-state index contributed by atoms with van der Waals surface area (Å²) in [4.78, 5) is 19.1. The molecule has 2 aromatic carbocycles. The standard InChI is InChI=1S/C21H19FN2OS2/c22-15-8-10-16(11-9-15)26-13-3-6-19(25)23-21-24-20-17-5-2-1-4-14(17)7-12-18(20)27-21/h1-2,4-5,8-11H,3,6-7,12-13H2,(H,23,24,25). The van der Waals surface area contributed by atoms with Gasteiger partial charge in [-0.2, -0.15) is 0 Å². The molecule has 0 atom stereocenters. The number of anilines is 1. The summed E-state index contributed by atoms with van der Waals surface area (Å²) in [5.74, 6) is 0.586. The fourth-order valence-corrected chi connectivity index (χ4v) is 4.98. The fourth-order valence-electron chi connectivity index (χ4n) is 3.14. The van der Waals surface area contributed by atoms with Crippen LogP contribution < -0.4 is 5.32 Å². The number of benzene rings is 2. The van der Waals surface area contributed by atoms with Gasteiger partial charge in [0.15, 0.2) is 5.13 Å². The third-order valence-corrected chi connectivity index (χ3v) is 6.60. The van der Waals surface area contributed by atoms with Gasteiger partial charge in [-0.15, -0.1) is 23.1 Å². The Bertz CT molecular complexity index is 953. The number of hydrogen-bond acceptors (Lipinski definition) is 4. The lowest BCUT2D eigenvalue weighted by atomic mass is 9.94. The van der Waals surface area contributed by atoms with Crippen molar-refractivity contribution in [2.45, 2.75) is 30.6 Å². The van der Waals surface area contributed by atoms with Gasteiger partial charge >= 0.3 is 0 Å². The van der Waals surface area contributed by atoms with Gasteiger partial charge < -0.3 is 5.32 Å². The first-order chi connectivity index (χ1) is 13.2. The molecule has 0 aliphatic heterocycles. The number of amides is 1. The van der Waals surface area contributed by atoms with Crippen molar-refractivity contribution in [2.24, 2.45) is 0 Å². The van der Waals surface area contributed by atoms with Gasteiger partial charge in [-0.1, -0.05) is 24.3 Å². The number of thiazole rings is 1. The van der Waals surface area contributed by atoms with Gasteiger partial charge in [0.25, 0.3) is 0 Å². The minimum atomic E-state index is -0.229. The smallest absolute Gasteiger partial charge is 0.226 e. The number of rotatable bonds is 6. The van der Waals surface area contributed by atoms with Crippen LogP contribution in [0.1, 0.15) is 23.3 Å². The highest BCUT2D eigenvalue weighted by Gasteiger charge is 2.21. The number of halogens is 1. The summed E-state index contributed by atoms with van der Waals surface area (Å²) in [6.45, 7) is 0. The molecule has 1 aliphatic rings. The van der Waals surface area contributed by atoms with Gasteiger partial charge in [-0.25, -0.2) is 9.37 Å². The molecule has 6 heteroatoms. The Morgan fingerprint density at radius 1 is 1.15 bits per heavy atom. The maximum Gasteiger partial charge on any atom is 0.226 e. The molecule has 0 spiro atoms. The van der Waals surface area contributed by atoms with E-state index in [1.54, 1.807) is 35.2 Å². The summed E-state index contributed by atoms with van der Waals surface area (Å²) >= 11 is 3.21. The molecule has 138 valence electrons. The molecule has 1 aromatic heterocycles. The van der Waals surface area contributed by atoms with Crippen LogP contribution >= 0.6 is 23.1 Å². The van der Waals surface area contributed by atoms with Gasteiger partial charge in [-0.05, 0) is 54.8 Å². The molecule has 1 N–H and O–H groups in total. The minimum Gasteiger partial charge on any atom is -0.302 e. The van der Waals surface area contributed by atoms with Gasteiger partial charge in [0.2, 0.25) is 5.91 Å². The van der Waals surface area contributed by atoms with E-state index in [9.17, 15) is 9.18 Å². The second kappa shape index (κ2) is 8.23. The van der Waals surface area contributed by atoms with Gasteiger partial charge in [0.1, 0.15) is 5.82 Å². The van der Waals surface area contributed by atoms with E-state index in [-0.39, 0.29) is 11.7 Å². The number of nitrogens with zero attached hydrogens (tertiary/aromatic N) is 1. The highest BCUT2D eigenvalue weighted by Crippen LogP contribution is 2.37. The lowest BCUT2D eigenvalue weighted by Crippen LogP contribution is -2.11. The number of nitrogens with one attached hydrogen (secondary N) is 1. The molecule has 1 aliphatic carbocycles. The predicted molar refractivity (Wildman–Crippen MR) is 110 cm³/mol. The maximum atomic E-state index is 12.9. The lowest BCUT2D eigenvalue weighted by molar-refractivity contribution is -0.116. The van der Waals surface area contributed by atoms with E-state index in [0.29, 0.717) is 11.6 Å². The molecule has 0 fully saturated rings. The van der Waals surface area contributed by atoms with Crippen LogP contribution in [0.3, 0.4) is 0 Å². The molecule has 4 rings (SSSR count). The second-order valence-corrected chi connectivity index (χ2v) is 8.65. The van der Waals surface area contributed by atoms with E-state index in [1.165, 1.54) is 28.1 Å². The molecule has 0 unspecified atom stereocenters. The number of thioether (sulfide) groups is 1. The number of hydrogen-bond donors (Lipinski definition) is 1. The van der Waals surface area contributed by atoms with E-state index >= 15 is 0 Å². The topological polar surface area (TPSA) is 42.0 Å². The van der Waals surface area contributed by atoms with E-state index < -0.39 is 0 Å². The highest BCUT2D eigenvalue weighted by molar-refractivity contribution is 7.99. The van der Waals surface area contributed by atoms with E-state index in [0.717, 1.165) is 35.6 Å². The SMILES string of the molecule is O=C(CCCSc1ccc(F)cc1)Nc1nc2c(s1)CCc1ccccc1-2. The van der Waals surface area contributed by atoms with Crippen molar-refractivity contribution < 1.29 is 9.18 Å². The molecule has 0 saturated carbocycles. The van der Waals surface area contributed by atoms with Crippen molar-refractivity contribution in [3.8, 4) is 11.3 Å². The number of carbonyl (C=O) groups excluding carboxylic acids is 1. The Labute approximate surface area is 166 Å². The molecule has 3 nitrogen and oxygen atoms in total. The Hall–Kier alpha value is -2.18. The van der Waals surface area contributed by atoms with Gasteiger partial charge in [-0.3, -0.25) is 4.79 Å². The summed E-state index contributed by atoms with van der Waals surface area (Å²) < 4.78 is 12.9. The quantitative estimate of drug-likeness (QED) is 0.437. The maximum absolute atomic E-state index is 12.9. The second-order valence-electron chi connectivity index (χ2n) is 6.40. The molecule has 0 saturated heterocycles. The molecular weight excluding hydrogens is 379 g/mol. The molecule has 0 radical (unpaired) electrons. The fraction of sp³-hybridized carbons (Fsp3) is 0.238. The van der Waals surface area contributed by atoms with Crippen LogP contribution in [-0.2, 0) is 17.6 Å². The first kappa shape index (κ1) is 18.2. The molecule has 3 aromatic rings. The Balaban J connectivity index is 1.29. The average molecular weight is 399 g/mol. The summed E-state index contributed by atoms with van der Waals surface area (Å²) in [5, 5.41) is 3.63. The van der Waals surface area contributed by atoms with Crippen LogP contribution in [0.2, 0.25) is 0 Å². The zero-order valence-electron chi connectivity index (χ0n) is 14.7. The van der Waals surface area contributed by atoms with Crippen molar-refractivity contribution in [3.05, 3.63) is 64.8 Å². The number of aromatic nitrogens is 1. The Kier molecular flexibility index (Phi) is 5.55. The van der Waals surface area contributed by atoms with Crippen molar-refractivity contribution in [1.82, 2.24) is 4.98 Å². The first-order valence-electron chi connectivity index (χ1n) is 8.95.